The van der Waals surface area contributed by atoms with Gasteiger partial charge in [-0.05, 0) is 6.92 Å². The zero-order chi connectivity index (χ0) is 18.1. The highest BCUT2D eigenvalue weighted by Gasteiger charge is 2.50. The van der Waals surface area contributed by atoms with Crippen molar-refractivity contribution in [1.82, 2.24) is 9.55 Å². The van der Waals surface area contributed by atoms with E-state index in [9.17, 15) is 14.2 Å². The molecule has 2 heterocycles. The fraction of sp³-hybridized carbons (Fsp3) is 0.667. The molecular formula is C12H19N2O9P. The third-order valence-corrected chi connectivity index (χ3v) is 4.27. The molecule has 3 N–H and O–H groups in total. The summed E-state index contributed by atoms with van der Waals surface area (Å²) in [6.07, 6.45) is -3.24. The minimum absolute atomic E-state index is 0.568. The van der Waals surface area contributed by atoms with Crippen molar-refractivity contribution in [2.24, 2.45) is 0 Å². The maximum absolute atomic E-state index is 12.0. The van der Waals surface area contributed by atoms with Gasteiger partial charge in [-0.3, -0.25) is 18.9 Å². The minimum atomic E-state index is -4.74. The predicted molar refractivity (Wildman–Crippen MR) is 79.4 cm³/mol. The van der Waals surface area contributed by atoms with Gasteiger partial charge in [0.2, 0.25) is 0 Å². The molecule has 1 fully saturated rings. The van der Waals surface area contributed by atoms with E-state index in [1.165, 1.54) is 27.3 Å². The summed E-state index contributed by atoms with van der Waals surface area (Å²) >= 11 is 0. The number of aromatic nitrogens is 2. The molecular weight excluding hydrogens is 347 g/mol. The van der Waals surface area contributed by atoms with Crippen LogP contribution in [0.3, 0.4) is 0 Å². The van der Waals surface area contributed by atoms with Gasteiger partial charge in [-0.2, -0.15) is 0 Å². The number of rotatable bonds is 6. The van der Waals surface area contributed by atoms with Crippen molar-refractivity contribution in [2.75, 3.05) is 14.2 Å². The first-order valence-corrected chi connectivity index (χ1v) is 8.47. The molecule has 11 nitrogen and oxygen atoms in total. The number of hydrogen-bond acceptors (Lipinski definition) is 7. The van der Waals surface area contributed by atoms with Crippen molar-refractivity contribution >= 4 is 7.82 Å². The Morgan fingerprint density at radius 3 is 2.42 bits per heavy atom. The van der Waals surface area contributed by atoms with Crippen LogP contribution in [0.4, 0.5) is 0 Å². The second-order valence-electron chi connectivity index (χ2n) is 5.21. The molecule has 0 radical (unpaired) electrons. The molecule has 1 aliphatic rings. The summed E-state index contributed by atoms with van der Waals surface area (Å²) in [5, 5.41) is 0. The predicted octanol–water partition coefficient (Wildman–Crippen LogP) is -1.04. The van der Waals surface area contributed by atoms with E-state index in [0.717, 1.165) is 10.6 Å². The molecule has 4 unspecified atom stereocenters. The Balaban J connectivity index is 2.35. The number of ether oxygens (including phenoxy) is 3. The zero-order valence-corrected chi connectivity index (χ0v) is 14.1. The average molecular weight is 366 g/mol. The zero-order valence-electron chi connectivity index (χ0n) is 13.2. The molecule has 2 rings (SSSR count). The first kappa shape index (κ1) is 19.0. The first-order valence-electron chi connectivity index (χ1n) is 6.94. The topological polar surface area (TPSA) is 149 Å². The Morgan fingerprint density at radius 2 is 1.92 bits per heavy atom. The third-order valence-electron chi connectivity index (χ3n) is 3.66. The van der Waals surface area contributed by atoms with Gasteiger partial charge in [-0.15, -0.1) is 0 Å². The Hall–Kier alpha value is -1.33. The molecule has 1 aromatic heterocycles. The van der Waals surface area contributed by atoms with Gasteiger partial charge in [-0.1, -0.05) is 0 Å². The highest BCUT2D eigenvalue weighted by Crippen LogP contribution is 2.42. The van der Waals surface area contributed by atoms with Gasteiger partial charge in [-0.25, -0.2) is 9.36 Å². The molecule has 1 aliphatic heterocycles. The molecule has 0 bridgehead atoms. The van der Waals surface area contributed by atoms with E-state index in [1.54, 1.807) is 0 Å². The normalized spacial score (nSPS) is 28.9. The number of hydrogen-bond donors (Lipinski definition) is 3. The molecule has 0 spiro atoms. The van der Waals surface area contributed by atoms with E-state index >= 15 is 0 Å². The van der Waals surface area contributed by atoms with E-state index in [4.69, 9.17) is 24.0 Å². The van der Waals surface area contributed by atoms with E-state index in [0.29, 0.717) is 0 Å². The van der Waals surface area contributed by atoms with Crippen LogP contribution in [-0.2, 0) is 23.3 Å². The number of methoxy groups -OCH3 is 2. The lowest BCUT2D eigenvalue weighted by Gasteiger charge is -2.25. The highest BCUT2D eigenvalue weighted by molar-refractivity contribution is 7.46. The largest absolute Gasteiger partial charge is 0.469 e. The van der Waals surface area contributed by atoms with Crippen molar-refractivity contribution < 1.29 is 33.1 Å². The summed E-state index contributed by atoms with van der Waals surface area (Å²) in [7, 11) is -1.99. The first-order chi connectivity index (χ1) is 11.2. The molecule has 0 amide bonds. The van der Waals surface area contributed by atoms with Gasteiger partial charge in [0.1, 0.15) is 18.3 Å². The quantitative estimate of drug-likeness (QED) is 0.537. The van der Waals surface area contributed by atoms with Gasteiger partial charge >= 0.3 is 13.5 Å². The van der Waals surface area contributed by atoms with Crippen LogP contribution in [-0.4, -0.2) is 58.0 Å². The van der Waals surface area contributed by atoms with Crippen LogP contribution >= 0.6 is 7.82 Å². The van der Waals surface area contributed by atoms with Crippen LogP contribution in [0, 0.1) is 0 Å². The number of nitrogens with one attached hydrogen (secondary N) is 1. The minimum Gasteiger partial charge on any atom is -0.376 e. The summed E-state index contributed by atoms with van der Waals surface area (Å²) in [5.74, 6) is 0. The van der Waals surface area contributed by atoms with Gasteiger partial charge in [0, 0.05) is 26.5 Å². The van der Waals surface area contributed by atoms with Crippen LogP contribution < -0.4 is 11.2 Å². The van der Waals surface area contributed by atoms with Crippen LogP contribution in [0.5, 0.6) is 0 Å². The van der Waals surface area contributed by atoms with Crippen LogP contribution in [0.15, 0.2) is 21.9 Å². The summed E-state index contributed by atoms with van der Waals surface area (Å²) in [6.45, 7) is 1.40. The monoisotopic (exact) mass is 366 g/mol. The van der Waals surface area contributed by atoms with Crippen LogP contribution in [0.1, 0.15) is 13.2 Å². The Labute approximate surface area is 136 Å². The molecule has 0 saturated carbocycles. The van der Waals surface area contributed by atoms with Gasteiger partial charge in [0.25, 0.3) is 5.56 Å². The number of phosphoric ester groups is 1. The standard InChI is InChI=1S/C12H19N2O9P/c1-6(23-24(17,18)19)8-9(20-2)10(21-3)11(22-8)14-5-4-7(15)13-12(14)16/h4-6,8-11H,1-3H3,(H,13,15,16)(H2,17,18,19)/t6-,8?,9?,10?,11?/m0/s1. The van der Waals surface area contributed by atoms with Gasteiger partial charge in [0.15, 0.2) is 6.23 Å². The summed E-state index contributed by atoms with van der Waals surface area (Å²) in [4.78, 5) is 43.2. The maximum atomic E-state index is 12.0. The SMILES string of the molecule is COC1C(OC)C(n2ccc(=O)[nH]c2=O)OC1[C@H](C)OP(=O)(O)O. The van der Waals surface area contributed by atoms with Gasteiger partial charge in [0.05, 0.1) is 6.10 Å². The van der Waals surface area contributed by atoms with E-state index in [-0.39, 0.29) is 0 Å². The van der Waals surface area contributed by atoms with Crippen molar-refractivity contribution in [1.29, 1.82) is 0 Å². The Bertz CT molecular complexity index is 726. The number of nitrogens with zero attached hydrogens (tertiary/aromatic N) is 1. The number of H-pyrrole nitrogens is 1. The number of phosphoric acid groups is 1. The Morgan fingerprint density at radius 1 is 1.29 bits per heavy atom. The molecule has 12 heteroatoms. The molecule has 1 saturated heterocycles. The number of aromatic amines is 1. The lowest BCUT2D eigenvalue weighted by Crippen LogP contribution is -2.41. The lowest BCUT2D eigenvalue weighted by molar-refractivity contribution is -0.0832. The van der Waals surface area contributed by atoms with Crippen molar-refractivity contribution in [3.05, 3.63) is 33.1 Å². The van der Waals surface area contributed by atoms with Crippen LogP contribution in [0.2, 0.25) is 0 Å². The third kappa shape index (κ3) is 4.01. The van der Waals surface area contributed by atoms with Crippen molar-refractivity contribution in [3.63, 3.8) is 0 Å². The van der Waals surface area contributed by atoms with Crippen LogP contribution in [0.25, 0.3) is 0 Å². The van der Waals surface area contributed by atoms with E-state index < -0.39 is 49.7 Å². The lowest BCUT2D eigenvalue weighted by atomic mass is 10.1. The molecule has 0 aromatic carbocycles. The fourth-order valence-electron chi connectivity index (χ4n) is 2.69. The molecule has 0 aliphatic carbocycles. The molecule has 1 aromatic rings. The van der Waals surface area contributed by atoms with Gasteiger partial charge < -0.3 is 24.0 Å². The average Bonchev–Trinajstić information content (AvgIpc) is 2.83. The molecule has 136 valence electrons. The van der Waals surface area contributed by atoms with Crippen molar-refractivity contribution in [2.45, 2.75) is 37.6 Å². The molecule has 5 atom stereocenters. The Kier molecular flexibility index (Phi) is 5.76. The summed E-state index contributed by atoms with van der Waals surface area (Å²) in [6, 6.07) is 1.14. The molecule has 24 heavy (non-hydrogen) atoms. The summed E-state index contributed by atoms with van der Waals surface area (Å²) in [5.41, 5.74) is -1.28. The second kappa shape index (κ2) is 7.28. The maximum Gasteiger partial charge on any atom is 0.469 e. The van der Waals surface area contributed by atoms with Crippen molar-refractivity contribution in [3.8, 4) is 0 Å². The van der Waals surface area contributed by atoms with E-state index in [1.807, 2.05) is 0 Å². The second-order valence-corrected chi connectivity index (χ2v) is 6.40. The van der Waals surface area contributed by atoms with E-state index in [2.05, 4.69) is 9.51 Å². The summed E-state index contributed by atoms with van der Waals surface area (Å²) < 4.78 is 33.1. The highest BCUT2D eigenvalue weighted by atomic mass is 31.2. The fourth-order valence-corrected chi connectivity index (χ4v) is 3.24. The smallest absolute Gasteiger partial charge is 0.376 e.